The standard InChI is InChI=1S/C10H9BrOS2/c1-2-12-9-4-6-3-7(11)5-8(13)10(6)14-9/h3-5,13H,2H2,1H3. The minimum atomic E-state index is 0.704. The Bertz CT molecular complexity index is 464. The maximum Gasteiger partial charge on any atom is 0.174 e. The largest absolute Gasteiger partial charge is 0.484 e. The summed E-state index contributed by atoms with van der Waals surface area (Å²) >= 11 is 9.51. The van der Waals surface area contributed by atoms with Crippen molar-refractivity contribution >= 4 is 50.0 Å². The average Bonchev–Trinajstić information content (AvgIpc) is 2.48. The number of hydrogen-bond acceptors (Lipinski definition) is 3. The molecule has 1 heterocycles. The van der Waals surface area contributed by atoms with Crippen molar-refractivity contribution in [1.29, 1.82) is 0 Å². The summed E-state index contributed by atoms with van der Waals surface area (Å²) in [6.45, 7) is 2.69. The molecule has 0 aliphatic heterocycles. The fourth-order valence-electron chi connectivity index (χ4n) is 1.29. The third-order valence-electron chi connectivity index (χ3n) is 1.83. The molecule has 0 aliphatic carbocycles. The first-order valence-corrected chi connectivity index (χ1v) is 6.31. The van der Waals surface area contributed by atoms with Crippen LogP contribution in [0, 0.1) is 0 Å². The van der Waals surface area contributed by atoms with Gasteiger partial charge in [-0.25, -0.2) is 0 Å². The molecule has 0 spiro atoms. The molecule has 1 aromatic carbocycles. The Morgan fingerprint density at radius 3 is 2.93 bits per heavy atom. The lowest BCUT2D eigenvalue weighted by Gasteiger charge is -1.95. The van der Waals surface area contributed by atoms with Gasteiger partial charge in [0.15, 0.2) is 5.06 Å². The van der Waals surface area contributed by atoms with Gasteiger partial charge in [-0.15, -0.1) is 12.6 Å². The van der Waals surface area contributed by atoms with Crippen LogP contribution in [-0.2, 0) is 0 Å². The van der Waals surface area contributed by atoms with E-state index >= 15 is 0 Å². The van der Waals surface area contributed by atoms with Crippen LogP contribution < -0.4 is 4.74 Å². The van der Waals surface area contributed by atoms with Crippen LogP contribution in [-0.4, -0.2) is 6.61 Å². The molecule has 0 aliphatic rings. The zero-order valence-electron chi connectivity index (χ0n) is 7.58. The van der Waals surface area contributed by atoms with Crippen molar-refractivity contribution in [3.63, 3.8) is 0 Å². The quantitative estimate of drug-likeness (QED) is 0.809. The first kappa shape index (κ1) is 10.3. The van der Waals surface area contributed by atoms with Gasteiger partial charge in [0.25, 0.3) is 0 Å². The molecule has 0 amide bonds. The summed E-state index contributed by atoms with van der Waals surface area (Å²) in [5.74, 6) is 0. The zero-order chi connectivity index (χ0) is 10.1. The predicted molar refractivity (Wildman–Crippen MR) is 67.9 cm³/mol. The highest BCUT2D eigenvalue weighted by Crippen LogP contribution is 2.37. The first-order chi connectivity index (χ1) is 6.70. The van der Waals surface area contributed by atoms with Gasteiger partial charge in [0.05, 0.1) is 11.3 Å². The summed E-state index contributed by atoms with van der Waals surface area (Å²) < 4.78 is 7.69. The summed E-state index contributed by atoms with van der Waals surface area (Å²) in [5, 5.41) is 2.13. The monoisotopic (exact) mass is 288 g/mol. The van der Waals surface area contributed by atoms with Crippen molar-refractivity contribution in [3.8, 4) is 5.06 Å². The highest BCUT2D eigenvalue weighted by Gasteiger charge is 2.06. The van der Waals surface area contributed by atoms with Crippen LogP contribution >= 0.6 is 39.9 Å². The van der Waals surface area contributed by atoms with E-state index in [1.807, 2.05) is 19.1 Å². The molecule has 1 nitrogen and oxygen atoms in total. The molecule has 0 bridgehead atoms. The molecule has 14 heavy (non-hydrogen) atoms. The van der Waals surface area contributed by atoms with Crippen molar-refractivity contribution in [1.82, 2.24) is 0 Å². The molecule has 0 fully saturated rings. The molecule has 2 aromatic rings. The van der Waals surface area contributed by atoms with Crippen LogP contribution in [0.3, 0.4) is 0 Å². The van der Waals surface area contributed by atoms with Crippen LogP contribution in [0.1, 0.15) is 6.92 Å². The maximum atomic E-state index is 5.45. The van der Waals surface area contributed by atoms with Crippen molar-refractivity contribution < 1.29 is 4.74 Å². The molecule has 0 atom stereocenters. The normalized spacial score (nSPS) is 10.8. The fraction of sp³-hybridized carbons (Fsp3) is 0.200. The Balaban J connectivity index is 2.58. The molecular weight excluding hydrogens is 280 g/mol. The SMILES string of the molecule is CCOc1cc2cc(Br)cc(S)c2s1. The van der Waals surface area contributed by atoms with E-state index in [1.54, 1.807) is 11.3 Å². The molecule has 0 saturated carbocycles. The van der Waals surface area contributed by atoms with Gasteiger partial charge in [0, 0.05) is 9.37 Å². The van der Waals surface area contributed by atoms with Crippen molar-refractivity contribution in [3.05, 3.63) is 22.7 Å². The molecule has 0 saturated heterocycles. The third kappa shape index (κ3) is 1.92. The fourth-order valence-corrected chi connectivity index (χ4v) is 3.31. The van der Waals surface area contributed by atoms with Crippen LogP contribution in [0.4, 0.5) is 0 Å². The molecule has 0 N–H and O–H groups in total. The number of hydrogen-bond donors (Lipinski definition) is 1. The van der Waals surface area contributed by atoms with Gasteiger partial charge in [-0.3, -0.25) is 0 Å². The zero-order valence-corrected chi connectivity index (χ0v) is 10.9. The van der Waals surface area contributed by atoms with E-state index in [1.165, 1.54) is 10.1 Å². The van der Waals surface area contributed by atoms with Gasteiger partial charge in [-0.05, 0) is 30.5 Å². The van der Waals surface area contributed by atoms with E-state index in [-0.39, 0.29) is 0 Å². The summed E-state index contributed by atoms with van der Waals surface area (Å²) in [6, 6.07) is 6.12. The number of ether oxygens (including phenoxy) is 1. The Morgan fingerprint density at radius 1 is 1.43 bits per heavy atom. The lowest BCUT2D eigenvalue weighted by Crippen LogP contribution is -1.86. The van der Waals surface area contributed by atoms with Gasteiger partial charge < -0.3 is 4.74 Å². The average molecular weight is 289 g/mol. The minimum Gasteiger partial charge on any atom is -0.484 e. The number of thiophene rings is 1. The van der Waals surface area contributed by atoms with Crippen molar-refractivity contribution in [2.45, 2.75) is 11.8 Å². The Morgan fingerprint density at radius 2 is 2.21 bits per heavy atom. The van der Waals surface area contributed by atoms with E-state index in [9.17, 15) is 0 Å². The number of halogens is 1. The van der Waals surface area contributed by atoms with Gasteiger partial charge in [-0.1, -0.05) is 27.3 Å². The number of thiol groups is 1. The second kappa shape index (κ2) is 4.13. The first-order valence-electron chi connectivity index (χ1n) is 4.25. The molecular formula is C10H9BrOS2. The number of benzene rings is 1. The highest BCUT2D eigenvalue weighted by molar-refractivity contribution is 9.10. The van der Waals surface area contributed by atoms with Gasteiger partial charge in [0.1, 0.15) is 0 Å². The third-order valence-corrected chi connectivity index (χ3v) is 3.88. The van der Waals surface area contributed by atoms with E-state index in [0.29, 0.717) is 6.61 Å². The lowest BCUT2D eigenvalue weighted by molar-refractivity contribution is 0.350. The van der Waals surface area contributed by atoms with E-state index in [4.69, 9.17) is 4.74 Å². The van der Waals surface area contributed by atoms with Crippen LogP contribution in [0.2, 0.25) is 0 Å². The summed E-state index contributed by atoms with van der Waals surface area (Å²) in [6.07, 6.45) is 0. The second-order valence-electron chi connectivity index (χ2n) is 2.84. The molecule has 74 valence electrons. The van der Waals surface area contributed by atoms with E-state index in [2.05, 4.69) is 34.6 Å². The Labute approximate surface area is 101 Å². The number of fused-ring (bicyclic) bond motifs is 1. The molecule has 4 heteroatoms. The summed E-state index contributed by atoms with van der Waals surface area (Å²) in [5.41, 5.74) is 0. The molecule has 0 radical (unpaired) electrons. The predicted octanol–water partition coefficient (Wildman–Crippen LogP) is 4.35. The second-order valence-corrected chi connectivity index (χ2v) is 5.25. The van der Waals surface area contributed by atoms with Crippen LogP contribution in [0.25, 0.3) is 10.1 Å². The van der Waals surface area contributed by atoms with E-state index in [0.717, 1.165) is 14.4 Å². The van der Waals surface area contributed by atoms with Gasteiger partial charge in [-0.2, -0.15) is 0 Å². The Kier molecular flexibility index (Phi) is 3.04. The lowest BCUT2D eigenvalue weighted by atomic mass is 10.3. The van der Waals surface area contributed by atoms with Crippen LogP contribution in [0.15, 0.2) is 27.6 Å². The van der Waals surface area contributed by atoms with Crippen molar-refractivity contribution in [2.75, 3.05) is 6.61 Å². The minimum absolute atomic E-state index is 0.704. The molecule has 1 aromatic heterocycles. The maximum absolute atomic E-state index is 5.45. The van der Waals surface area contributed by atoms with Crippen molar-refractivity contribution in [2.24, 2.45) is 0 Å². The number of rotatable bonds is 2. The topological polar surface area (TPSA) is 9.23 Å². The van der Waals surface area contributed by atoms with Gasteiger partial charge >= 0.3 is 0 Å². The highest BCUT2D eigenvalue weighted by atomic mass is 79.9. The Hall–Kier alpha value is -0.190. The molecule has 2 rings (SSSR count). The molecule has 0 unspecified atom stereocenters. The van der Waals surface area contributed by atoms with E-state index < -0.39 is 0 Å². The summed E-state index contributed by atoms with van der Waals surface area (Å²) in [7, 11) is 0. The van der Waals surface area contributed by atoms with Gasteiger partial charge in [0.2, 0.25) is 0 Å². The van der Waals surface area contributed by atoms with Crippen LogP contribution in [0.5, 0.6) is 5.06 Å². The smallest absolute Gasteiger partial charge is 0.174 e. The summed E-state index contributed by atoms with van der Waals surface area (Å²) in [4.78, 5) is 0.991.